The van der Waals surface area contributed by atoms with Crippen LogP contribution in [0.5, 0.6) is 0 Å². The molecule has 1 amide bonds. The minimum Gasteiger partial charge on any atom is -0.367 e. The van der Waals surface area contributed by atoms with Crippen molar-refractivity contribution in [1.82, 2.24) is 19.9 Å². The summed E-state index contributed by atoms with van der Waals surface area (Å²) in [4.78, 5) is 32.6. The molecule has 154 valence electrons. The van der Waals surface area contributed by atoms with Gasteiger partial charge in [0.05, 0.1) is 22.3 Å². The number of alkyl halides is 3. The van der Waals surface area contributed by atoms with Crippen molar-refractivity contribution in [3.05, 3.63) is 51.0 Å². The highest BCUT2D eigenvalue weighted by Crippen LogP contribution is 2.32. The van der Waals surface area contributed by atoms with Gasteiger partial charge in [0.25, 0.3) is 5.56 Å². The molecular formula is C17H15ClF3N5O2S. The minimum atomic E-state index is -4.52. The predicted octanol–water partition coefficient (Wildman–Crippen LogP) is 3.14. The molecule has 29 heavy (non-hydrogen) atoms. The summed E-state index contributed by atoms with van der Waals surface area (Å²) >= 11 is 7.16. The lowest BCUT2D eigenvalue weighted by atomic mass is 10.3. The van der Waals surface area contributed by atoms with Crippen LogP contribution in [-0.4, -0.2) is 33.5 Å². The van der Waals surface area contributed by atoms with E-state index in [1.807, 2.05) is 0 Å². The third-order valence-electron chi connectivity index (χ3n) is 3.94. The van der Waals surface area contributed by atoms with Crippen LogP contribution in [0.25, 0.3) is 10.2 Å². The Morgan fingerprint density at radius 2 is 2.07 bits per heavy atom. The average Bonchev–Trinajstić information content (AvgIpc) is 3.14. The van der Waals surface area contributed by atoms with E-state index in [-0.39, 0.29) is 48.4 Å². The number of amides is 1. The predicted molar refractivity (Wildman–Crippen MR) is 104 cm³/mol. The Labute approximate surface area is 171 Å². The molecule has 2 N–H and O–H groups in total. The number of aromatic nitrogens is 3. The normalized spacial score (nSPS) is 11.6. The monoisotopic (exact) mass is 445 g/mol. The second-order valence-corrected chi connectivity index (χ2v) is 7.26. The highest BCUT2D eigenvalue weighted by Gasteiger charge is 2.31. The van der Waals surface area contributed by atoms with Gasteiger partial charge in [-0.3, -0.25) is 14.2 Å². The fourth-order valence-corrected chi connectivity index (χ4v) is 3.43. The molecule has 0 fully saturated rings. The first-order valence-corrected chi connectivity index (χ1v) is 9.67. The zero-order valence-corrected chi connectivity index (χ0v) is 16.4. The summed E-state index contributed by atoms with van der Waals surface area (Å²) in [6, 6.07) is 2.48. The van der Waals surface area contributed by atoms with E-state index in [9.17, 15) is 22.8 Å². The second-order valence-electron chi connectivity index (χ2n) is 5.96. The first-order valence-electron chi connectivity index (χ1n) is 8.41. The van der Waals surface area contributed by atoms with E-state index in [0.29, 0.717) is 16.4 Å². The van der Waals surface area contributed by atoms with Crippen LogP contribution in [-0.2, 0) is 17.5 Å². The highest BCUT2D eigenvalue weighted by molar-refractivity contribution is 7.16. The number of fused-ring (bicyclic) bond motifs is 1. The number of halogens is 4. The third-order valence-corrected chi connectivity index (χ3v) is 5.05. The molecule has 12 heteroatoms. The van der Waals surface area contributed by atoms with E-state index in [4.69, 9.17) is 11.6 Å². The molecular weight excluding hydrogens is 431 g/mol. The highest BCUT2D eigenvalue weighted by atomic mass is 35.5. The summed E-state index contributed by atoms with van der Waals surface area (Å²) in [5.74, 6) is -0.189. The summed E-state index contributed by atoms with van der Waals surface area (Å²) in [6.45, 7) is 0.601. The van der Waals surface area contributed by atoms with Crippen LogP contribution >= 0.6 is 22.9 Å². The molecule has 0 bridgehead atoms. The molecule has 0 atom stereocenters. The Balaban J connectivity index is 1.44. The quantitative estimate of drug-likeness (QED) is 0.545. The van der Waals surface area contributed by atoms with Crippen LogP contribution in [0, 0.1) is 0 Å². The number of anilines is 1. The van der Waals surface area contributed by atoms with Crippen molar-refractivity contribution in [3.63, 3.8) is 0 Å². The number of aryl methyl sites for hydroxylation is 1. The first kappa shape index (κ1) is 21.1. The Morgan fingerprint density at radius 1 is 1.28 bits per heavy atom. The Kier molecular flexibility index (Phi) is 6.38. The number of hydrogen-bond acceptors (Lipinski definition) is 6. The van der Waals surface area contributed by atoms with E-state index in [1.165, 1.54) is 22.2 Å². The van der Waals surface area contributed by atoms with Crippen molar-refractivity contribution in [1.29, 1.82) is 0 Å². The lowest BCUT2D eigenvalue weighted by Crippen LogP contribution is -2.31. The molecule has 3 aromatic heterocycles. The number of hydrogen-bond donors (Lipinski definition) is 2. The lowest BCUT2D eigenvalue weighted by Gasteiger charge is -2.11. The Hall–Kier alpha value is -2.66. The number of nitrogens with one attached hydrogen (secondary N) is 2. The first-order chi connectivity index (χ1) is 13.8. The molecule has 7 nitrogen and oxygen atoms in total. The fraction of sp³-hybridized carbons (Fsp3) is 0.294. The SMILES string of the molecule is O=C(CCn1cnc2sccc2c1=O)NCCNc1ncc(C(F)(F)F)cc1Cl. The van der Waals surface area contributed by atoms with Gasteiger partial charge in [0.1, 0.15) is 10.6 Å². The maximum atomic E-state index is 12.6. The van der Waals surface area contributed by atoms with Gasteiger partial charge in [-0.1, -0.05) is 11.6 Å². The lowest BCUT2D eigenvalue weighted by molar-refractivity contribution is -0.137. The number of pyridine rings is 1. The van der Waals surface area contributed by atoms with Crippen molar-refractivity contribution in [3.8, 4) is 0 Å². The van der Waals surface area contributed by atoms with E-state index < -0.39 is 11.7 Å². The van der Waals surface area contributed by atoms with E-state index in [2.05, 4.69) is 20.6 Å². The van der Waals surface area contributed by atoms with Crippen molar-refractivity contribution < 1.29 is 18.0 Å². The van der Waals surface area contributed by atoms with E-state index >= 15 is 0 Å². The smallest absolute Gasteiger partial charge is 0.367 e. The number of carbonyl (C=O) groups is 1. The zero-order chi connectivity index (χ0) is 21.0. The Bertz CT molecular complexity index is 1080. The summed E-state index contributed by atoms with van der Waals surface area (Å²) in [5, 5.41) is 7.53. The molecule has 0 aliphatic rings. The van der Waals surface area contributed by atoms with Gasteiger partial charge in [0.15, 0.2) is 0 Å². The molecule has 0 saturated carbocycles. The van der Waals surface area contributed by atoms with Crippen molar-refractivity contribution in [2.45, 2.75) is 19.1 Å². The van der Waals surface area contributed by atoms with Crippen LogP contribution < -0.4 is 16.2 Å². The van der Waals surface area contributed by atoms with Crippen LogP contribution in [0.1, 0.15) is 12.0 Å². The summed E-state index contributed by atoms with van der Waals surface area (Å²) < 4.78 is 39.1. The van der Waals surface area contributed by atoms with E-state index in [1.54, 1.807) is 11.4 Å². The fourth-order valence-electron chi connectivity index (χ4n) is 2.47. The summed E-state index contributed by atoms with van der Waals surface area (Å²) in [5.41, 5.74) is -1.14. The molecule has 0 unspecified atom stereocenters. The van der Waals surface area contributed by atoms with Crippen molar-refractivity contribution in [2.24, 2.45) is 0 Å². The van der Waals surface area contributed by atoms with Crippen molar-refractivity contribution >= 4 is 44.9 Å². The number of rotatable bonds is 7. The summed E-state index contributed by atoms with van der Waals surface area (Å²) in [7, 11) is 0. The zero-order valence-electron chi connectivity index (χ0n) is 14.8. The van der Waals surface area contributed by atoms with Gasteiger partial charge in [0, 0.05) is 32.3 Å². The average molecular weight is 446 g/mol. The van der Waals surface area contributed by atoms with Gasteiger partial charge in [-0.15, -0.1) is 11.3 Å². The van der Waals surface area contributed by atoms with Crippen LogP contribution in [0.4, 0.5) is 19.0 Å². The standard InChI is InChI=1S/C17H15ClF3N5O2S/c18-12-7-10(17(19,20)21)8-24-14(12)23-4-3-22-13(27)1-5-26-9-25-15-11(16(26)28)2-6-29-15/h2,6-9H,1,3-5H2,(H,22,27)(H,23,24). The maximum absolute atomic E-state index is 12.6. The summed E-state index contributed by atoms with van der Waals surface area (Å²) in [6.07, 6.45) is -2.34. The molecule has 0 saturated heterocycles. The number of nitrogens with zero attached hydrogens (tertiary/aromatic N) is 3. The van der Waals surface area contributed by atoms with Crippen LogP contribution in [0.15, 0.2) is 34.8 Å². The van der Waals surface area contributed by atoms with Gasteiger partial charge >= 0.3 is 6.18 Å². The van der Waals surface area contributed by atoms with Gasteiger partial charge < -0.3 is 10.6 Å². The molecule has 3 heterocycles. The molecule has 0 radical (unpaired) electrons. The molecule has 0 spiro atoms. The van der Waals surface area contributed by atoms with Gasteiger partial charge in [-0.2, -0.15) is 13.2 Å². The maximum Gasteiger partial charge on any atom is 0.417 e. The second kappa shape index (κ2) is 8.78. The molecule has 0 aliphatic heterocycles. The molecule has 3 rings (SSSR count). The largest absolute Gasteiger partial charge is 0.417 e. The minimum absolute atomic E-state index is 0.0799. The van der Waals surface area contributed by atoms with Gasteiger partial charge in [-0.25, -0.2) is 9.97 Å². The van der Waals surface area contributed by atoms with Crippen LogP contribution in [0.2, 0.25) is 5.02 Å². The molecule has 0 aromatic carbocycles. The third kappa shape index (κ3) is 5.24. The number of carbonyl (C=O) groups excluding carboxylic acids is 1. The van der Waals surface area contributed by atoms with E-state index in [0.717, 1.165) is 6.07 Å². The van der Waals surface area contributed by atoms with Crippen molar-refractivity contribution in [2.75, 3.05) is 18.4 Å². The van der Waals surface area contributed by atoms with Gasteiger partial charge in [-0.05, 0) is 17.5 Å². The van der Waals surface area contributed by atoms with Crippen LogP contribution in [0.3, 0.4) is 0 Å². The topological polar surface area (TPSA) is 88.9 Å². The Morgan fingerprint density at radius 3 is 2.79 bits per heavy atom. The van der Waals surface area contributed by atoms with Gasteiger partial charge in [0.2, 0.25) is 5.91 Å². The molecule has 0 aliphatic carbocycles. The number of thiophene rings is 1. The molecule has 3 aromatic rings.